The van der Waals surface area contributed by atoms with Crippen LogP contribution in [0.1, 0.15) is 43.4 Å². The first-order valence-electron chi connectivity index (χ1n) is 10.1. The molecule has 0 radical (unpaired) electrons. The first kappa shape index (κ1) is 19.7. The van der Waals surface area contributed by atoms with Crippen molar-refractivity contribution >= 4 is 17.6 Å². The summed E-state index contributed by atoms with van der Waals surface area (Å²) in [6.45, 7) is 2.18. The zero-order chi connectivity index (χ0) is 21.1. The number of amides is 2. The summed E-state index contributed by atoms with van der Waals surface area (Å²) in [5, 5.41) is 20.6. The second-order valence-corrected chi connectivity index (χ2v) is 7.42. The van der Waals surface area contributed by atoms with E-state index in [1.54, 1.807) is 19.1 Å². The molecule has 1 saturated carbocycles. The third-order valence-electron chi connectivity index (χ3n) is 5.09. The van der Waals surface area contributed by atoms with E-state index in [2.05, 4.69) is 15.7 Å². The molecular weight excluding hydrogens is 380 g/mol. The molecule has 154 valence electrons. The minimum Gasteiger partial charge on any atom is -0.507 e. The van der Waals surface area contributed by atoms with E-state index in [-0.39, 0.29) is 17.7 Å². The number of carbonyl (C=O) groups is 2. The number of rotatable bonds is 6. The summed E-state index contributed by atoms with van der Waals surface area (Å²) in [5.74, 6) is 0.178. The number of phenolic OH excluding ortho intramolecular Hbond substituents is 1. The minimum absolute atomic E-state index is 0.000550. The molecule has 1 aliphatic carbocycles. The van der Waals surface area contributed by atoms with Crippen LogP contribution < -0.4 is 10.6 Å². The van der Waals surface area contributed by atoms with Crippen LogP contribution in [0, 0.1) is 0 Å². The van der Waals surface area contributed by atoms with Gasteiger partial charge in [0, 0.05) is 36.2 Å². The molecule has 1 fully saturated rings. The Morgan fingerprint density at radius 3 is 2.57 bits per heavy atom. The Bertz CT molecular complexity index is 1070. The molecule has 0 bridgehead atoms. The Kier molecular flexibility index (Phi) is 5.52. The second-order valence-electron chi connectivity index (χ2n) is 7.42. The SMILES string of the molecule is CCC(=O)Nc1ccc(-c2cc(C3CC3)n(C(=O)NCc3ccccc3)n2)c(O)c1. The Morgan fingerprint density at radius 2 is 1.90 bits per heavy atom. The molecular formula is C23H24N4O3. The van der Waals surface area contributed by atoms with Crippen molar-refractivity contribution in [3.8, 4) is 17.0 Å². The number of hydrogen-bond donors (Lipinski definition) is 3. The average Bonchev–Trinajstić information content (AvgIpc) is 3.51. The number of aromatic nitrogens is 2. The molecule has 1 aliphatic rings. The summed E-state index contributed by atoms with van der Waals surface area (Å²) >= 11 is 0. The third kappa shape index (κ3) is 4.35. The van der Waals surface area contributed by atoms with E-state index in [0.29, 0.717) is 35.8 Å². The molecule has 0 aliphatic heterocycles. The van der Waals surface area contributed by atoms with Crippen LogP contribution in [0.25, 0.3) is 11.3 Å². The number of aromatic hydroxyl groups is 1. The minimum atomic E-state index is -0.293. The van der Waals surface area contributed by atoms with Gasteiger partial charge in [0.1, 0.15) is 5.75 Å². The van der Waals surface area contributed by atoms with Crippen LogP contribution in [0.2, 0.25) is 0 Å². The zero-order valence-corrected chi connectivity index (χ0v) is 16.8. The highest BCUT2D eigenvalue weighted by Gasteiger charge is 2.30. The lowest BCUT2D eigenvalue weighted by atomic mass is 10.1. The normalized spacial score (nSPS) is 13.1. The summed E-state index contributed by atoms with van der Waals surface area (Å²) in [5.41, 5.74) is 3.41. The van der Waals surface area contributed by atoms with Gasteiger partial charge < -0.3 is 15.7 Å². The van der Waals surface area contributed by atoms with Gasteiger partial charge in [0.25, 0.3) is 0 Å². The standard InChI is InChI=1S/C23H24N4O3/c1-2-22(29)25-17-10-11-18(21(28)12-17)19-13-20(16-8-9-16)27(26-19)23(30)24-14-15-6-4-3-5-7-15/h3-7,10-13,16,28H,2,8-9,14H2,1H3,(H,24,30)(H,25,29). The number of nitrogens with one attached hydrogen (secondary N) is 2. The van der Waals surface area contributed by atoms with Gasteiger partial charge in [-0.2, -0.15) is 9.78 Å². The van der Waals surface area contributed by atoms with Gasteiger partial charge in [0.2, 0.25) is 5.91 Å². The molecule has 7 nitrogen and oxygen atoms in total. The highest BCUT2D eigenvalue weighted by molar-refractivity contribution is 5.91. The predicted octanol–water partition coefficient (Wildman–Crippen LogP) is 4.24. The van der Waals surface area contributed by atoms with E-state index in [9.17, 15) is 14.7 Å². The van der Waals surface area contributed by atoms with Crippen molar-refractivity contribution in [1.82, 2.24) is 15.1 Å². The lowest BCUT2D eigenvalue weighted by Crippen LogP contribution is -2.30. The Labute approximate surface area is 174 Å². The van der Waals surface area contributed by atoms with Gasteiger partial charge in [-0.15, -0.1) is 0 Å². The van der Waals surface area contributed by atoms with Gasteiger partial charge in [-0.05, 0) is 36.6 Å². The Balaban J connectivity index is 1.56. The third-order valence-corrected chi connectivity index (χ3v) is 5.09. The fourth-order valence-electron chi connectivity index (χ4n) is 3.28. The molecule has 0 spiro atoms. The highest BCUT2D eigenvalue weighted by Crippen LogP contribution is 2.42. The van der Waals surface area contributed by atoms with Gasteiger partial charge in [-0.1, -0.05) is 37.3 Å². The monoisotopic (exact) mass is 404 g/mol. The van der Waals surface area contributed by atoms with Crippen molar-refractivity contribution in [3.63, 3.8) is 0 Å². The molecule has 7 heteroatoms. The zero-order valence-electron chi connectivity index (χ0n) is 16.8. The van der Waals surface area contributed by atoms with Crippen LogP contribution in [0.4, 0.5) is 10.5 Å². The van der Waals surface area contributed by atoms with E-state index in [0.717, 1.165) is 24.1 Å². The predicted molar refractivity (Wildman–Crippen MR) is 114 cm³/mol. The molecule has 2 amide bonds. The van der Waals surface area contributed by atoms with Crippen LogP contribution >= 0.6 is 0 Å². The number of phenols is 1. The maximum Gasteiger partial charge on any atom is 0.342 e. The summed E-state index contributed by atoms with van der Waals surface area (Å²) in [7, 11) is 0. The fourth-order valence-corrected chi connectivity index (χ4v) is 3.28. The Morgan fingerprint density at radius 1 is 1.13 bits per heavy atom. The smallest absolute Gasteiger partial charge is 0.342 e. The van der Waals surface area contributed by atoms with Crippen molar-refractivity contribution in [1.29, 1.82) is 0 Å². The van der Waals surface area contributed by atoms with E-state index in [1.807, 2.05) is 36.4 Å². The van der Waals surface area contributed by atoms with E-state index < -0.39 is 0 Å². The molecule has 1 aromatic heterocycles. The highest BCUT2D eigenvalue weighted by atomic mass is 16.3. The summed E-state index contributed by atoms with van der Waals surface area (Å²) in [6.07, 6.45) is 2.39. The number of benzene rings is 2. The van der Waals surface area contributed by atoms with Gasteiger partial charge in [0.15, 0.2) is 0 Å². The van der Waals surface area contributed by atoms with Crippen molar-refractivity contribution in [2.45, 2.75) is 38.6 Å². The molecule has 0 atom stereocenters. The Hall–Kier alpha value is -3.61. The van der Waals surface area contributed by atoms with Crippen molar-refractivity contribution in [2.24, 2.45) is 0 Å². The van der Waals surface area contributed by atoms with Crippen molar-refractivity contribution < 1.29 is 14.7 Å². The number of carbonyl (C=O) groups excluding carboxylic acids is 2. The fraction of sp³-hybridized carbons (Fsp3) is 0.261. The maximum absolute atomic E-state index is 12.8. The first-order valence-corrected chi connectivity index (χ1v) is 10.1. The summed E-state index contributed by atoms with van der Waals surface area (Å²) in [6, 6.07) is 16.2. The second kappa shape index (κ2) is 8.41. The van der Waals surface area contributed by atoms with Gasteiger partial charge in [-0.3, -0.25) is 4.79 Å². The molecule has 30 heavy (non-hydrogen) atoms. The van der Waals surface area contributed by atoms with E-state index in [1.165, 1.54) is 10.7 Å². The lowest BCUT2D eigenvalue weighted by Gasteiger charge is -2.08. The van der Waals surface area contributed by atoms with Crippen LogP contribution in [0.5, 0.6) is 5.75 Å². The molecule has 0 saturated heterocycles. The quantitative estimate of drug-likeness (QED) is 0.573. The maximum atomic E-state index is 12.8. The van der Waals surface area contributed by atoms with Crippen LogP contribution in [-0.2, 0) is 11.3 Å². The van der Waals surface area contributed by atoms with Crippen LogP contribution in [0.3, 0.4) is 0 Å². The van der Waals surface area contributed by atoms with Gasteiger partial charge in [0.05, 0.1) is 11.4 Å². The van der Waals surface area contributed by atoms with Gasteiger partial charge in [-0.25, -0.2) is 4.79 Å². The van der Waals surface area contributed by atoms with Crippen LogP contribution in [0.15, 0.2) is 54.6 Å². The molecule has 3 aromatic rings. The van der Waals surface area contributed by atoms with Crippen molar-refractivity contribution in [3.05, 3.63) is 65.9 Å². The summed E-state index contributed by atoms with van der Waals surface area (Å²) in [4.78, 5) is 24.4. The molecule has 3 N–H and O–H groups in total. The first-order chi connectivity index (χ1) is 14.5. The number of nitrogens with zero attached hydrogens (tertiary/aromatic N) is 2. The molecule has 4 rings (SSSR count). The molecule has 2 aromatic carbocycles. The lowest BCUT2D eigenvalue weighted by molar-refractivity contribution is -0.115. The van der Waals surface area contributed by atoms with E-state index in [4.69, 9.17) is 0 Å². The van der Waals surface area contributed by atoms with Crippen LogP contribution in [-0.4, -0.2) is 26.8 Å². The molecule has 0 unspecified atom stereocenters. The number of hydrogen-bond acceptors (Lipinski definition) is 4. The van der Waals surface area contributed by atoms with Crippen molar-refractivity contribution in [2.75, 3.05) is 5.32 Å². The largest absolute Gasteiger partial charge is 0.507 e. The summed E-state index contributed by atoms with van der Waals surface area (Å²) < 4.78 is 1.40. The topological polar surface area (TPSA) is 96.3 Å². The van der Waals surface area contributed by atoms with E-state index >= 15 is 0 Å². The molecule has 1 heterocycles. The average molecular weight is 404 g/mol. The van der Waals surface area contributed by atoms with Gasteiger partial charge >= 0.3 is 6.03 Å². The number of anilines is 1.